The Hall–Kier alpha value is -0.910. The van der Waals surface area contributed by atoms with Crippen LogP contribution in [0.3, 0.4) is 0 Å². The van der Waals surface area contributed by atoms with Gasteiger partial charge in [-0.3, -0.25) is 9.67 Å². The van der Waals surface area contributed by atoms with Gasteiger partial charge in [0, 0.05) is 22.9 Å². The van der Waals surface area contributed by atoms with Crippen molar-refractivity contribution in [2.24, 2.45) is 0 Å². The smallest absolute Gasteiger partial charge is 0.0837 e. The monoisotopic (exact) mass is 342 g/mol. The second kappa shape index (κ2) is 6.03. The van der Waals surface area contributed by atoms with Gasteiger partial charge in [-0.2, -0.15) is 5.10 Å². The van der Waals surface area contributed by atoms with Gasteiger partial charge in [-0.05, 0) is 48.5 Å². The van der Waals surface area contributed by atoms with Crippen LogP contribution in [-0.4, -0.2) is 21.8 Å². The number of nitrogens with zero attached hydrogens (tertiary/aromatic N) is 3. The molecule has 0 amide bonds. The van der Waals surface area contributed by atoms with Gasteiger partial charge >= 0.3 is 0 Å². The Morgan fingerprint density at radius 2 is 2.05 bits per heavy atom. The van der Waals surface area contributed by atoms with Crippen molar-refractivity contribution >= 4 is 27.5 Å². The largest absolute Gasteiger partial charge is 0.308 e. The van der Waals surface area contributed by atoms with E-state index in [2.05, 4.69) is 45.2 Å². The van der Waals surface area contributed by atoms with E-state index < -0.39 is 0 Å². The number of nitrogens with one attached hydrogen (secondary N) is 1. The lowest BCUT2D eigenvalue weighted by Crippen LogP contribution is -2.23. The van der Waals surface area contributed by atoms with Crippen LogP contribution in [0.2, 0.25) is 5.02 Å². The second-order valence-electron chi connectivity index (χ2n) is 4.57. The SMILES string of the molecule is CNC(c1cncc(Br)c1)c1c(Cl)cnn1C(C)C. The summed E-state index contributed by atoms with van der Waals surface area (Å²) >= 11 is 9.74. The molecule has 1 atom stereocenters. The molecule has 6 heteroatoms. The third kappa shape index (κ3) is 2.99. The number of hydrogen-bond donors (Lipinski definition) is 1. The van der Waals surface area contributed by atoms with E-state index in [1.165, 1.54) is 0 Å². The molecule has 4 nitrogen and oxygen atoms in total. The quantitative estimate of drug-likeness (QED) is 0.922. The van der Waals surface area contributed by atoms with Gasteiger partial charge < -0.3 is 5.32 Å². The maximum atomic E-state index is 6.30. The van der Waals surface area contributed by atoms with Crippen molar-refractivity contribution in [2.75, 3.05) is 7.05 Å². The highest BCUT2D eigenvalue weighted by Gasteiger charge is 2.22. The van der Waals surface area contributed by atoms with Crippen molar-refractivity contribution in [2.45, 2.75) is 25.9 Å². The number of aromatic nitrogens is 3. The zero-order valence-electron chi connectivity index (χ0n) is 11.1. The van der Waals surface area contributed by atoms with Crippen LogP contribution in [0, 0.1) is 0 Å². The molecule has 0 spiro atoms. The summed E-state index contributed by atoms with van der Waals surface area (Å²) in [6.07, 6.45) is 5.28. The molecule has 2 aromatic rings. The Bertz CT molecular complexity index is 568. The van der Waals surface area contributed by atoms with Crippen LogP contribution >= 0.6 is 27.5 Å². The summed E-state index contributed by atoms with van der Waals surface area (Å²) in [4.78, 5) is 4.21. The molecule has 2 rings (SSSR count). The standard InChI is InChI=1S/C13H16BrClN4/c1-8(2)19-13(11(15)7-18-19)12(16-3)9-4-10(14)6-17-5-9/h4-8,12,16H,1-3H3. The van der Waals surface area contributed by atoms with E-state index in [-0.39, 0.29) is 12.1 Å². The predicted octanol–water partition coefficient (Wildman–Crippen LogP) is 3.58. The highest BCUT2D eigenvalue weighted by Crippen LogP contribution is 2.30. The first-order chi connectivity index (χ1) is 9.04. The summed E-state index contributed by atoms with van der Waals surface area (Å²) in [7, 11) is 1.90. The lowest BCUT2D eigenvalue weighted by atomic mass is 10.1. The minimum atomic E-state index is -0.0394. The van der Waals surface area contributed by atoms with Gasteiger partial charge in [-0.1, -0.05) is 11.6 Å². The third-order valence-electron chi connectivity index (χ3n) is 2.90. The van der Waals surface area contributed by atoms with E-state index in [9.17, 15) is 0 Å². The molecule has 0 saturated carbocycles. The van der Waals surface area contributed by atoms with Crippen molar-refractivity contribution in [3.05, 3.63) is 45.4 Å². The third-order valence-corrected chi connectivity index (χ3v) is 3.62. The minimum absolute atomic E-state index is 0.0394. The molecule has 0 aliphatic rings. The molecule has 0 aliphatic carbocycles. The summed E-state index contributed by atoms with van der Waals surface area (Å²) in [5.74, 6) is 0. The van der Waals surface area contributed by atoms with E-state index >= 15 is 0 Å². The molecule has 2 heterocycles. The van der Waals surface area contributed by atoms with E-state index in [4.69, 9.17) is 11.6 Å². The van der Waals surface area contributed by atoms with Crippen LogP contribution in [0.15, 0.2) is 29.1 Å². The number of pyridine rings is 1. The number of rotatable bonds is 4. The van der Waals surface area contributed by atoms with Crippen molar-refractivity contribution in [3.8, 4) is 0 Å². The molecule has 1 N–H and O–H groups in total. The van der Waals surface area contributed by atoms with Crippen molar-refractivity contribution in [1.29, 1.82) is 0 Å². The normalized spacial score (nSPS) is 12.9. The van der Waals surface area contributed by atoms with E-state index in [1.807, 2.05) is 24.0 Å². The van der Waals surface area contributed by atoms with Crippen LogP contribution in [0.5, 0.6) is 0 Å². The number of hydrogen-bond acceptors (Lipinski definition) is 3. The zero-order valence-corrected chi connectivity index (χ0v) is 13.4. The summed E-state index contributed by atoms with van der Waals surface area (Å²) in [5, 5.41) is 8.28. The van der Waals surface area contributed by atoms with Gasteiger partial charge in [0.05, 0.1) is 23.0 Å². The zero-order chi connectivity index (χ0) is 14.0. The van der Waals surface area contributed by atoms with E-state index in [0.29, 0.717) is 5.02 Å². The van der Waals surface area contributed by atoms with Crippen LogP contribution in [0.25, 0.3) is 0 Å². The lowest BCUT2D eigenvalue weighted by molar-refractivity contribution is 0.484. The first kappa shape index (κ1) is 14.5. The Morgan fingerprint density at radius 1 is 1.32 bits per heavy atom. The maximum absolute atomic E-state index is 6.30. The van der Waals surface area contributed by atoms with Crippen LogP contribution < -0.4 is 5.32 Å². The van der Waals surface area contributed by atoms with Gasteiger partial charge in [0.2, 0.25) is 0 Å². The first-order valence-electron chi connectivity index (χ1n) is 6.05. The maximum Gasteiger partial charge on any atom is 0.0837 e. The van der Waals surface area contributed by atoms with Crippen molar-refractivity contribution < 1.29 is 0 Å². The Kier molecular flexibility index (Phi) is 4.60. The fourth-order valence-electron chi connectivity index (χ4n) is 2.08. The molecule has 0 aliphatic heterocycles. The van der Waals surface area contributed by atoms with Crippen LogP contribution in [0.4, 0.5) is 0 Å². The molecule has 0 bridgehead atoms. The molecule has 102 valence electrons. The minimum Gasteiger partial charge on any atom is -0.308 e. The molecule has 2 aromatic heterocycles. The highest BCUT2D eigenvalue weighted by molar-refractivity contribution is 9.10. The summed E-state index contributed by atoms with van der Waals surface area (Å²) < 4.78 is 2.88. The van der Waals surface area contributed by atoms with Gasteiger partial charge in [0.25, 0.3) is 0 Å². The van der Waals surface area contributed by atoms with Gasteiger partial charge in [-0.15, -0.1) is 0 Å². The molecule has 0 aromatic carbocycles. The average molecular weight is 344 g/mol. The van der Waals surface area contributed by atoms with E-state index in [1.54, 1.807) is 12.4 Å². The second-order valence-corrected chi connectivity index (χ2v) is 5.90. The molecular formula is C13H16BrClN4. The topological polar surface area (TPSA) is 42.7 Å². The Balaban J connectivity index is 2.51. The summed E-state index contributed by atoms with van der Waals surface area (Å²) in [6.45, 7) is 4.16. The molecule has 0 radical (unpaired) electrons. The molecule has 0 fully saturated rings. The Morgan fingerprint density at radius 3 is 2.63 bits per heavy atom. The van der Waals surface area contributed by atoms with Crippen LogP contribution in [0.1, 0.15) is 37.2 Å². The number of halogens is 2. The molecule has 19 heavy (non-hydrogen) atoms. The molecular weight excluding hydrogens is 328 g/mol. The lowest BCUT2D eigenvalue weighted by Gasteiger charge is -2.20. The van der Waals surface area contributed by atoms with Crippen LogP contribution in [-0.2, 0) is 0 Å². The average Bonchev–Trinajstić information content (AvgIpc) is 2.73. The van der Waals surface area contributed by atoms with Crippen molar-refractivity contribution in [1.82, 2.24) is 20.1 Å². The van der Waals surface area contributed by atoms with Gasteiger partial charge in [-0.25, -0.2) is 0 Å². The Labute approximate surface area is 126 Å². The summed E-state index contributed by atoms with van der Waals surface area (Å²) in [6, 6.07) is 2.24. The van der Waals surface area contributed by atoms with Gasteiger partial charge in [0.1, 0.15) is 0 Å². The summed E-state index contributed by atoms with van der Waals surface area (Å²) in [5.41, 5.74) is 2.00. The molecule has 0 saturated heterocycles. The van der Waals surface area contributed by atoms with E-state index in [0.717, 1.165) is 15.7 Å². The predicted molar refractivity (Wildman–Crippen MR) is 80.5 cm³/mol. The van der Waals surface area contributed by atoms with Crippen molar-refractivity contribution in [3.63, 3.8) is 0 Å². The fraction of sp³-hybridized carbons (Fsp3) is 0.385. The molecule has 1 unspecified atom stereocenters. The fourth-order valence-corrected chi connectivity index (χ4v) is 2.70. The van der Waals surface area contributed by atoms with Gasteiger partial charge in [0.15, 0.2) is 0 Å². The first-order valence-corrected chi connectivity index (χ1v) is 7.22. The highest BCUT2D eigenvalue weighted by atomic mass is 79.9.